The van der Waals surface area contributed by atoms with Gasteiger partial charge in [-0.05, 0) is 50.9 Å². The molecule has 3 saturated heterocycles. The van der Waals surface area contributed by atoms with Crippen molar-refractivity contribution in [3.8, 4) is 0 Å². The van der Waals surface area contributed by atoms with Crippen molar-refractivity contribution in [2.24, 2.45) is 5.92 Å². The van der Waals surface area contributed by atoms with Crippen LogP contribution in [-0.2, 0) is 0 Å². The van der Waals surface area contributed by atoms with E-state index in [2.05, 4.69) is 34.3 Å². The summed E-state index contributed by atoms with van der Waals surface area (Å²) in [5, 5.41) is 3.27. The summed E-state index contributed by atoms with van der Waals surface area (Å²) in [5.74, 6) is 0.651. The van der Waals surface area contributed by atoms with Crippen LogP contribution in [0.4, 0.5) is 0 Å². The number of carbonyl (C=O) groups excluding carboxylic acids is 1. The van der Waals surface area contributed by atoms with Crippen LogP contribution in [0.2, 0.25) is 0 Å². The van der Waals surface area contributed by atoms with Gasteiger partial charge >= 0.3 is 0 Å². The van der Waals surface area contributed by atoms with E-state index in [9.17, 15) is 4.79 Å². The average molecular weight is 360 g/mol. The summed E-state index contributed by atoms with van der Waals surface area (Å²) >= 11 is 3.08. The van der Waals surface area contributed by atoms with E-state index in [-0.39, 0.29) is 11.9 Å². The third-order valence-corrected chi connectivity index (χ3v) is 7.21. The number of aromatic nitrogens is 1. The molecular formula is C18H21N3OS2. The zero-order valence-corrected chi connectivity index (χ0v) is 15.3. The summed E-state index contributed by atoms with van der Waals surface area (Å²) < 4.78 is 0.910. The first kappa shape index (κ1) is 16.1. The first-order valence-electron chi connectivity index (χ1n) is 8.44. The van der Waals surface area contributed by atoms with Crippen molar-refractivity contribution >= 4 is 29.0 Å². The van der Waals surface area contributed by atoms with Crippen molar-refractivity contribution < 1.29 is 4.79 Å². The SMILES string of the molecule is CC1C(NC(=O)c2cnc(Sc3ccccc3)s2)C2CCN1CC2. The molecule has 4 heterocycles. The Morgan fingerprint density at radius 2 is 2.04 bits per heavy atom. The quantitative estimate of drug-likeness (QED) is 0.907. The van der Waals surface area contributed by atoms with Crippen molar-refractivity contribution in [1.82, 2.24) is 15.2 Å². The summed E-state index contributed by atoms with van der Waals surface area (Å²) in [4.78, 5) is 21.4. The predicted molar refractivity (Wildman–Crippen MR) is 97.7 cm³/mol. The Morgan fingerprint density at radius 3 is 2.75 bits per heavy atom. The predicted octanol–water partition coefficient (Wildman–Crippen LogP) is 3.51. The number of thiazole rings is 1. The number of carbonyl (C=O) groups is 1. The molecule has 2 aromatic rings. The number of nitrogens with one attached hydrogen (secondary N) is 1. The lowest BCUT2D eigenvalue weighted by molar-refractivity contribution is 0.0218. The number of rotatable bonds is 4. The Kier molecular flexibility index (Phi) is 4.61. The fourth-order valence-corrected chi connectivity index (χ4v) is 5.64. The Morgan fingerprint density at radius 1 is 1.29 bits per heavy atom. The van der Waals surface area contributed by atoms with E-state index in [0.717, 1.165) is 9.24 Å². The van der Waals surface area contributed by atoms with Gasteiger partial charge in [-0.1, -0.05) is 30.0 Å². The molecule has 3 aliphatic heterocycles. The summed E-state index contributed by atoms with van der Waals surface area (Å²) in [5.41, 5.74) is 0. The van der Waals surface area contributed by atoms with Gasteiger partial charge in [0.25, 0.3) is 5.91 Å². The van der Waals surface area contributed by atoms with Crippen LogP contribution in [0.5, 0.6) is 0 Å². The molecule has 3 aliphatic rings. The van der Waals surface area contributed by atoms with Gasteiger partial charge in [0, 0.05) is 17.0 Å². The van der Waals surface area contributed by atoms with E-state index in [1.807, 2.05) is 18.2 Å². The molecule has 2 unspecified atom stereocenters. The van der Waals surface area contributed by atoms with Crippen LogP contribution in [-0.4, -0.2) is 41.0 Å². The van der Waals surface area contributed by atoms with E-state index >= 15 is 0 Å². The van der Waals surface area contributed by atoms with E-state index in [1.54, 1.807) is 18.0 Å². The fourth-order valence-electron chi connectivity index (χ4n) is 3.77. The average Bonchev–Trinajstić information content (AvgIpc) is 3.08. The minimum atomic E-state index is 0.0259. The standard InChI is InChI=1S/C18H21N3OS2/c1-12-16(13-7-9-21(12)10-8-13)20-17(22)15-11-19-18(24-15)23-14-5-3-2-4-6-14/h2-6,11-13,16H,7-10H2,1H3,(H,20,22). The number of hydrogen-bond donors (Lipinski definition) is 1. The molecule has 0 aliphatic carbocycles. The number of fused-ring (bicyclic) bond motifs is 3. The molecule has 1 N–H and O–H groups in total. The number of benzene rings is 1. The third kappa shape index (κ3) is 3.23. The minimum absolute atomic E-state index is 0.0259. The molecule has 3 fully saturated rings. The molecule has 0 saturated carbocycles. The molecule has 0 spiro atoms. The van der Waals surface area contributed by atoms with Gasteiger partial charge in [0.05, 0.1) is 6.20 Å². The molecule has 1 amide bonds. The van der Waals surface area contributed by atoms with Crippen LogP contribution in [0.15, 0.2) is 45.8 Å². The third-order valence-electron chi connectivity index (χ3n) is 5.13. The molecule has 4 nitrogen and oxygen atoms in total. The van der Waals surface area contributed by atoms with Gasteiger partial charge in [0.1, 0.15) is 4.88 Å². The molecule has 5 rings (SSSR count). The van der Waals surface area contributed by atoms with Crippen molar-refractivity contribution in [1.29, 1.82) is 0 Å². The molecule has 1 aromatic heterocycles. The highest BCUT2D eigenvalue weighted by Gasteiger charge is 2.40. The Hall–Kier alpha value is -1.37. The van der Waals surface area contributed by atoms with E-state index in [1.165, 1.54) is 37.3 Å². The number of amides is 1. The fraction of sp³-hybridized carbons (Fsp3) is 0.444. The van der Waals surface area contributed by atoms with Gasteiger partial charge in [-0.2, -0.15) is 0 Å². The van der Waals surface area contributed by atoms with Gasteiger partial charge < -0.3 is 5.32 Å². The minimum Gasteiger partial charge on any atom is -0.347 e. The molecule has 0 radical (unpaired) electrons. The highest BCUT2D eigenvalue weighted by Crippen LogP contribution is 2.33. The molecule has 24 heavy (non-hydrogen) atoms. The maximum Gasteiger partial charge on any atom is 0.263 e. The monoisotopic (exact) mass is 359 g/mol. The molecule has 2 atom stereocenters. The second-order valence-corrected chi connectivity index (χ2v) is 8.87. The topological polar surface area (TPSA) is 45.2 Å². The lowest BCUT2D eigenvalue weighted by atomic mass is 9.79. The van der Waals surface area contributed by atoms with E-state index in [4.69, 9.17) is 0 Å². The summed E-state index contributed by atoms with van der Waals surface area (Å²) in [6.45, 7) is 4.59. The van der Waals surface area contributed by atoms with E-state index in [0.29, 0.717) is 16.8 Å². The van der Waals surface area contributed by atoms with Crippen molar-refractivity contribution in [3.63, 3.8) is 0 Å². The molecule has 6 heteroatoms. The van der Waals surface area contributed by atoms with Crippen LogP contribution in [0.1, 0.15) is 29.4 Å². The second kappa shape index (κ2) is 6.86. The molecular weight excluding hydrogens is 338 g/mol. The van der Waals surface area contributed by atoms with E-state index < -0.39 is 0 Å². The Labute approximate surface area is 150 Å². The lowest BCUT2D eigenvalue weighted by Gasteiger charge is -2.49. The number of piperidine rings is 3. The Bertz CT molecular complexity index is 708. The Balaban J connectivity index is 1.42. The number of hydrogen-bond acceptors (Lipinski definition) is 5. The van der Waals surface area contributed by atoms with Crippen molar-refractivity contribution in [3.05, 3.63) is 41.4 Å². The smallest absolute Gasteiger partial charge is 0.263 e. The first-order chi connectivity index (χ1) is 11.7. The zero-order chi connectivity index (χ0) is 16.5. The van der Waals surface area contributed by atoms with Crippen LogP contribution < -0.4 is 5.32 Å². The summed E-state index contributed by atoms with van der Waals surface area (Å²) in [7, 11) is 0. The largest absolute Gasteiger partial charge is 0.347 e. The van der Waals surface area contributed by atoms with Gasteiger partial charge in [0.2, 0.25) is 0 Å². The molecule has 2 bridgehead atoms. The van der Waals surface area contributed by atoms with Crippen molar-refractivity contribution in [2.45, 2.75) is 41.1 Å². The summed E-state index contributed by atoms with van der Waals surface area (Å²) in [6, 6.07) is 10.8. The first-order valence-corrected chi connectivity index (χ1v) is 10.1. The van der Waals surface area contributed by atoms with Crippen LogP contribution in [0, 0.1) is 5.92 Å². The van der Waals surface area contributed by atoms with Crippen molar-refractivity contribution in [2.75, 3.05) is 13.1 Å². The van der Waals surface area contributed by atoms with Crippen LogP contribution in [0.25, 0.3) is 0 Å². The normalized spacial score (nSPS) is 28.7. The van der Waals surface area contributed by atoms with Crippen LogP contribution >= 0.6 is 23.1 Å². The summed E-state index contributed by atoms with van der Waals surface area (Å²) in [6.07, 6.45) is 4.11. The molecule has 1 aromatic carbocycles. The lowest BCUT2D eigenvalue weighted by Crippen LogP contribution is -2.62. The zero-order valence-electron chi connectivity index (χ0n) is 13.6. The highest BCUT2D eigenvalue weighted by atomic mass is 32.2. The van der Waals surface area contributed by atoms with Gasteiger partial charge in [0.15, 0.2) is 4.34 Å². The van der Waals surface area contributed by atoms with Crippen LogP contribution in [0.3, 0.4) is 0 Å². The maximum absolute atomic E-state index is 12.6. The van der Waals surface area contributed by atoms with Gasteiger partial charge in [-0.3, -0.25) is 9.69 Å². The maximum atomic E-state index is 12.6. The molecule has 126 valence electrons. The number of nitrogens with zero attached hydrogens (tertiary/aromatic N) is 2. The van der Waals surface area contributed by atoms with Gasteiger partial charge in [-0.25, -0.2) is 4.98 Å². The van der Waals surface area contributed by atoms with Gasteiger partial charge in [-0.15, -0.1) is 11.3 Å². The second-order valence-electron chi connectivity index (χ2n) is 6.52. The highest BCUT2D eigenvalue weighted by molar-refractivity contribution is 8.01.